The van der Waals surface area contributed by atoms with E-state index in [1.165, 1.54) is 27.3 Å². The van der Waals surface area contributed by atoms with Gasteiger partial charge in [0.05, 0.1) is 16.4 Å². The average Bonchev–Trinajstić information content (AvgIpc) is 3.65. The van der Waals surface area contributed by atoms with Crippen LogP contribution in [0.5, 0.6) is 0 Å². The van der Waals surface area contributed by atoms with Crippen LogP contribution in [0.1, 0.15) is 5.56 Å². The highest BCUT2D eigenvalue weighted by Crippen LogP contribution is 2.46. The van der Waals surface area contributed by atoms with Crippen molar-refractivity contribution in [2.75, 3.05) is 0 Å². The minimum Gasteiger partial charge on any atom is -0.422 e. The Morgan fingerprint density at radius 1 is 0.393 bits per heavy atom. The Balaban J connectivity index is 1.09. The van der Waals surface area contributed by atoms with E-state index in [4.69, 9.17) is 4.42 Å². The molecule has 4 heteroatoms. The van der Waals surface area contributed by atoms with E-state index in [9.17, 15) is 4.79 Å². The zero-order valence-electron chi connectivity index (χ0n) is 33.0. The van der Waals surface area contributed by atoms with Crippen molar-refractivity contribution in [3.05, 3.63) is 223 Å². The van der Waals surface area contributed by atoms with E-state index in [2.05, 4.69) is 181 Å². The van der Waals surface area contributed by atoms with Gasteiger partial charge in [-0.3, -0.25) is 0 Å². The minimum absolute atomic E-state index is 0.331. The first kappa shape index (κ1) is 35.4. The van der Waals surface area contributed by atoms with Crippen LogP contribution in [-0.2, 0) is 0 Å². The van der Waals surface area contributed by atoms with Gasteiger partial charge >= 0.3 is 5.63 Å². The molecule has 0 bridgehead atoms. The van der Waals surface area contributed by atoms with Crippen LogP contribution in [0.2, 0.25) is 0 Å². The van der Waals surface area contributed by atoms with Crippen LogP contribution in [0.15, 0.2) is 216 Å². The van der Waals surface area contributed by atoms with Gasteiger partial charge in [-0.15, -0.1) is 0 Å². The highest BCUT2D eigenvalue weighted by molar-refractivity contribution is 7.59. The molecule has 61 heavy (non-hydrogen) atoms. The van der Waals surface area contributed by atoms with Gasteiger partial charge in [0.15, 0.2) is 0 Å². The van der Waals surface area contributed by atoms with E-state index < -0.39 is 0 Å². The molecular formula is C57H36NO2P. The van der Waals surface area contributed by atoms with Crippen molar-refractivity contribution in [1.82, 2.24) is 4.57 Å². The maximum absolute atomic E-state index is 13.4. The Bertz CT molecular complexity index is 3600. The first-order chi connectivity index (χ1) is 30.0. The van der Waals surface area contributed by atoms with Gasteiger partial charge in [0.2, 0.25) is 0 Å². The van der Waals surface area contributed by atoms with Crippen molar-refractivity contribution in [3.8, 4) is 61.3 Å². The quantitative estimate of drug-likeness (QED) is 0.0988. The Kier molecular flexibility index (Phi) is 8.13. The summed E-state index contributed by atoms with van der Waals surface area (Å²) in [5, 5.41) is 7.19. The van der Waals surface area contributed by atoms with Gasteiger partial charge in [-0.2, -0.15) is 0 Å². The summed E-state index contributed by atoms with van der Waals surface area (Å²) in [6.45, 7) is 4.54. The number of fused-ring (bicyclic) bond motifs is 9. The van der Waals surface area contributed by atoms with Gasteiger partial charge in [-0.25, -0.2) is 4.79 Å². The van der Waals surface area contributed by atoms with Crippen molar-refractivity contribution in [2.24, 2.45) is 0 Å². The normalized spacial score (nSPS) is 12.7. The number of benzene rings is 9. The summed E-state index contributed by atoms with van der Waals surface area (Å²) in [4.78, 5) is 13.4. The lowest BCUT2D eigenvalue weighted by Gasteiger charge is -2.22. The average molecular weight is 798 g/mol. The molecular weight excluding hydrogens is 762 g/mol. The molecule has 9 aromatic carbocycles. The highest BCUT2D eigenvalue weighted by Gasteiger charge is 2.21. The molecule has 3 nitrogen and oxygen atoms in total. The van der Waals surface area contributed by atoms with Gasteiger partial charge in [-0.05, 0) is 138 Å². The zero-order chi connectivity index (χ0) is 40.6. The number of hydrogen-bond acceptors (Lipinski definition) is 2. The van der Waals surface area contributed by atoms with E-state index in [1.807, 2.05) is 30.3 Å². The molecule has 1 aliphatic rings. The number of aromatic nitrogens is 1. The number of para-hydroxylation sites is 1. The first-order valence-corrected chi connectivity index (χ1v) is 21.5. The molecule has 0 aliphatic carbocycles. The fourth-order valence-electron chi connectivity index (χ4n) is 9.32. The molecule has 2 aromatic heterocycles. The van der Waals surface area contributed by atoms with Crippen LogP contribution in [0.25, 0.3) is 110 Å². The molecule has 1 aliphatic heterocycles. The molecule has 0 N–H and O–H groups in total. The van der Waals surface area contributed by atoms with E-state index in [0.717, 1.165) is 82.8 Å². The van der Waals surface area contributed by atoms with Crippen LogP contribution in [0, 0.1) is 0 Å². The molecule has 3 heterocycles. The van der Waals surface area contributed by atoms with Gasteiger partial charge in [0, 0.05) is 21.8 Å². The Morgan fingerprint density at radius 3 is 1.64 bits per heavy atom. The van der Waals surface area contributed by atoms with Gasteiger partial charge in [0.25, 0.3) is 0 Å². The lowest BCUT2D eigenvalue weighted by Crippen LogP contribution is -2.06. The summed E-state index contributed by atoms with van der Waals surface area (Å²) in [5.74, 6) is 0. The predicted molar refractivity (Wildman–Crippen MR) is 258 cm³/mol. The van der Waals surface area contributed by atoms with Gasteiger partial charge < -0.3 is 8.98 Å². The lowest BCUT2D eigenvalue weighted by molar-refractivity contribution is 0.569. The molecule has 1 atom stereocenters. The molecule has 0 fully saturated rings. The van der Waals surface area contributed by atoms with Crippen molar-refractivity contribution < 1.29 is 4.42 Å². The van der Waals surface area contributed by atoms with Crippen LogP contribution < -0.4 is 10.9 Å². The maximum Gasteiger partial charge on any atom is 0.344 e. The highest BCUT2D eigenvalue weighted by atomic mass is 31.1. The summed E-state index contributed by atoms with van der Waals surface area (Å²) in [6.07, 6.45) is 0. The minimum atomic E-state index is -0.331. The molecule has 12 rings (SSSR count). The third-order valence-corrected chi connectivity index (χ3v) is 13.6. The smallest absolute Gasteiger partial charge is 0.344 e. The number of nitrogens with zero attached hydrogens (tertiary/aromatic N) is 1. The topological polar surface area (TPSA) is 35.1 Å². The number of rotatable bonds is 5. The molecule has 0 saturated heterocycles. The Labute approximate surface area is 354 Å². The third-order valence-electron chi connectivity index (χ3n) is 12.3. The van der Waals surface area contributed by atoms with Crippen molar-refractivity contribution in [2.45, 2.75) is 0 Å². The molecule has 0 saturated carbocycles. The number of hydrogen-bond donors (Lipinski definition) is 0. The second kappa shape index (κ2) is 14.0. The summed E-state index contributed by atoms with van der Waals surface area (Å²) in [7, 11) is 0.552. The van der Waals surface area contributed by atoms with Crippen LogP contribution in [-0.4, -0.2) is 4.57 Å². The van der Waals surface area contributed by atoms with E-state index in [-0.39, 0.29) is 5.63 Å². The second-order valence-corrected chi connectivity index (χ2v) is 17.2. The fraction of sp³-hybridized carbons (Fsp3) is 0. The zero-order valence-corrected chi connectivity index (χ0v) is 34.0. The van der Waals surface area contributed by atoms with Crippen LogP contribution in [0.3, 0.4) is 0 Å². The van der Waals surface area contributed by atoms with E-state index >= 15 is 0 Å². The summed E-state index contributed by atoms with van der Waals surface area (Å²) in [6, 6.07) is 71.1. The van der Waals surface area contributed by atoms with E-state index in [1.54, 1.807) is 0 Å². The van der Waals surface area contributed by atoms with Crippen molar-refractivity contribution in [1.29, 1.82) is 0 Å². The molecule has 286 valence electrons. The second-order valence-electron chi connectivity index (χ2n) is 15.9. The summed E-state index contributed by atoms with van der Waals surface area (Å²) in [5.41, 5.74) is 16.3. The molecule has 0 radical (unpaired) electrons. The SMILES string of the molecule is C=C1Pc2ccccc2-c2ccc(-c3ccc4c(c3)c3cc(-c5ccc6c(c5)c(=O)oc5ccccc56)ccc3n4-c3cc(-c4ccccc4)cc(-c4ccccc4)c3)cc21. The fourth-order valence-corrected chi connectivity index (χ4v) is 10.5. The van der Waals surface area contributed by atoms with Gasteiger partial charge in [0.1, 0.15) is 5.58 Å². The lowest BCUT2D eigenvalue weighted by atomic mass is 9.93. The van der Waals surface area contributed by atoms with Crippen LogP contribution in [0.4, 0.5) is 0 Å². The van der Waals surface area contributed by atoms with Crippen molar-refractivity contribution >= 4 is 62.7 Å². The largest absolute Gasteiger partial charge is 0.422 e. The van der Waals surface area contributed by atoms with Crippen molar-refractivity contribution in [3.63, 3.8) is 0 Å². The Hall–Kier alpha value is -7.58. The molecule has 1 unspecified atom stereocenters. The third kappa shape index (κ3) is 5.89. The van der Waals surface area contributed by atoms with Crippen LogP contribution >= 0.6 is 8.58 Å². The summed E-state index contributed by atoms with van der Waals surface area (Å²) >= 11 is 0. The predicted octanol–water partition coefficient (Wildman–Crippen LogP) is 14.7. The first-order valence-electron chi connectivity index (χ1n) is 20.5. The van der Waals surface area contributed by atoms with Gasteiger partial charge in [-0.1, -0.05) is 155 Å². The summed E-state index contributed by atoms with van der Waals surface area (Å²) < 4.78 is 8.19. The molecule has 0 spiro atoms. The molecule has 11 aromatic rings. The molecule has 0 amide bonds. The maximum atomic E-state index is 13.4. The standard InChI is InChI=1S/C57H36NO2P/c1-35-49-31-38(21-25-46(49)48-17-9-11-19-56(48)61-35)40-22-26-53-50(32-40)51-33-41(39-20-24-45-47-16-8-10-18-55(47)60-57(59)52(45)34-39)23-27-54(51)58(53)44-29-42(36-12-4-2-5-13-36)28-43(30-44)37-14-6-3-7-15-37/h2-34,61H,1H2. The Morgan fingerprint density at radius 2 is 0.951 bits per heavy atom. The monoisotopic (exact) mass is 797 g/mol. The van der Waals surface area contributed by atoms with E-state index in [0.29, 0.717) is 19.5 Å².